The number of carbonyl (C=O) groups excluding carboxylic acids is 1. The number of benzene rings is 1. The molecule has 6 nitrogen and oxygen atoms in total. The van der Waals surface area contributed by atoms with E-state index in [1.807, 2.05) is 23.6 Å². The Kier molecular flexibility index (Phi) is 4.12. The molecule has 0 unspecified atom stereocenters. The number of nitrogens with zero attached hydrogens (tertiary/aromatic N) is 1. The molecule has 0 aliphatic carbocycles. The predicted molar refractivity (Wildman–Crippen MR) is 86.8 cm³/mol. The Balaban J connectivity index is 1.63. The van der Waals surface area contributed by atoms with Gasteiger partial charge < -0.3 is 10.6 Å². The Hall–Kier alpha value is -1.93. The molecular formula is C14H15N3O3S2. The second kappa shape index (κ2) is 6.05. The van der Waals surface area contributed by atoms with Gasteiger partial charge in [0.1, 0.15) is 5.01 Å². The summed E-state index contributed by atoms with van der Waals surface area (Å²) in [5.41, 5.74) is 1.57. The van der Waals surface area contributed by atoms with E-state index in [2.05, 4.69) is 15.6 Å². The first-order valence-electron chi connectivity index (χ1n) is 6.80. The molecule has 3 rings (SSSR count). The second-order valence-corrected chi connectivity index (χ2v) is 8.24. The molecule has 1 saturated heterocycles. The fourth-order valence-electron chi connectivity index (χ4n) is 2.36. The summed E-state index contributed by atoms with van der Waals surface area (Å²) in [6.45, 7) is 0. The van der Waals surface area contributed by atoms with E-state index in [4.69, 9.17) is 0 Å². The molecule has 2 aromatic rings. The molecule has 116 valence electrons. The normalized spacial score (nSPS) is 19.7. The van der Waals surface area contributed by atoms with Crippen LogP contribution in [-0.4, -0.2) is 37.0 Å². The molecule has 1 aliphatic rings. The van der Waals surface area contributed by atoms with E-state index < -0.39 is 15.9 Å². The van der Waals surface area contributed by atoms with Gasteiger partial charge in [-0.2, -0.15) is 0 Å². The Bertz CT molecular complexity index is 772. The molecule has 1 aromatic heterocycles. The lowest BCUT2D eigenvalue weighted by molar-refractivity contribution is 0.249. The monoisotopic (exact) mass is 337 g/mol. The van der Waals surface area contributed by atoms with Crippen LogP contribution in [-0.2, 0) is 9.84 Å². The molecule has 1 fully saturated rings. The molecule has 2 N–H and O–H groups in total. The SMILES string of the molecule is O=C(Nc1cccc(-c2nccs2)c1)N[C@H]1CCS(=O)(=O)C1. The highest BCUT2D eigenvalue weighted by molar-refractivity contribution is 7.91. The van der Waals surface area contributed by atoms with Crippen molar-refractivity contribution in [2.24, 2.45) is 0 Å². The van der Waals surface area contributed by atoms with E-state index >= 15 is 0 Å². The van der Waals surface area contributed by atoms with Crippen LogP contribution in [0.25, 0.3) is 10.6 Å². The summed E-state index contributed by atoms with van der Waals surface area (Å²) in [7, 11) is -3.00. The van der Waals surface area contributed by atoms with Gasteiger partial charge in [-0.05, 0) is 18.6 Å². The van der Waals surface area contributed by atoms with Crippen molar-refractivity contribution in [2.75, 3.05) is 16.8 Å². The number of amides is 2. The zero-order valence-electron chi connectivity index (χ0n) is 11.7. The van der Waals surface area contributed by atoms with Crippen molar-refractivity contribution in [3.63, 3.8) is 0 Å². The summed E-state index contributed by atoms with van der Waals surface area (Å²) in [6, 6.07) is 6.68. The van der Waals surface area contributed by atoms with Crippen molar-refractivity contribution < 1.29 is 13.2 Å². The van der Waals surface area contributed by atoms with Crippen LogP contribution in [0.15, 0.2) is 35.8 Å². The third-order valence-corrected chi connectivity index (χ3v) is 5.96. The molecule has 22 heavy (non-hydrogen) atoms. The van der Waals surface area contributed by atoms with Crippen molar-refractivity contribution in [1.82, 2.24) is 10.3 Å². The number of nitrogens with one attached hydrogen (secondary N) is 2. The van der Waals surface area contributed by atoms with Crippen LogP contribution in [0, 0.1) is 0 Å². The van der Waals surface area contributed by atoms with E-state index in [1.54, 1.807) is 12.3 Å². The average molecular weight is 337 g/mol. The Morgan fingerprint density at radius 2 is 2.23 bits per heavy atom. The highest BCUT2D eigenvalue weighted by Gasteiger charge is 2.28. The summed E-state index contributed by atoms with van der Waals surface area (Å²) < 4.78 is 22.8. The molecule has 0 bridgehead atoms. The van der Waals surface area contributed by atoms with E-state index in [0.717, 1.165) is 10.6 Å². The third kappa shape index (κ3) is 3.63. The first-order chi connectivity index (χ1) is 10.5. The first-order valence-corrected chi connectivity index (χ1v) is 9.50. The number of aromatic nitrogens is 1. The molecule has 8 heteroatoms. The molecule has 0 spiro atoms. The van der Waals surface area contributed by atoms with Crippen LogP contribution in [0.1, 0.15) is 6.42 Å². The predicted octanol–water partition coefficient (Wildman–Crippen LogP) is 2.12. The number of urea groups is 1. The maximum absolute atomic E-state index is 11.9. The minimum atomic E-state index is -3.00. The van der Waals surface area contributed by atoms with Gasteiger partial charge in [0.05, 0.1) is 11.5 Å². The zero-order valence-corrected chi connectivity index (χ0v) is 13.3. The van der Waals surface area contributed by atoms with Gasteiger partial charge in [-0.3, -0.25) is 0 Å². The van der Waals surface area contributed by atoms with Gasteiger partial charge in [-0.1, -0.05) is 12.1 Å². The highest BCUT2D eigenvalue weighted by Crippen LogP contribution is 2.24. The maximum atomic E-state index is 11.9. The Labute approximate surface area is 132 Å². The molecule has 0 radical (unpaired) electrons. The summed E-state index contributed by atoms with van der Waals surface area (Å²) in [6.07, 6.45) is 2.20. The van der Waals surface area contributed by atoms with Gasteiger partial charge in [0.2, 0.25) is 0 Å². The lowest BCUT2D eigenvalue weighted by Gasteiger charge is -2.12. The second-order valence-electron chi connectivity index (χ2n) is 5.12. The average Bonchev–Trinajstić information content (AvgIpc) is 3.09. The van der Waals surface area contributed by atoms with Crippen LogP contribution in [0.3, 0.4) is 0 Å². The number of hydrogen-bond donors (Lipinski definition) is 2. The fraction of sp³-hybridized carbons (Fsp3) is 0.286. The smallest absolute Gasteiger partial charge is 0.319 e. The number of thiazole rings is 1. The number of hydrogen-bond acceptors (Lipinski definition) is 5. The number of anilines is 1. The zero-order chi connectivity index (χ0) is 15.6. The van der Waals surface area contributed by atoms with E-state index in [9.17, 15) is 13.2 Å². The van der Waals surface area contributed by atoms with Gasteiger partial charge in [0.15, 0.2) is 9.84 Å². The summed E-state index contributed by atoms with van der Waals surface area (Å²) in [5.74, 6) is 0.150. The lowest BCUT2D eigenvalue weighted by atomic mass is 10.2. The first kappa shape index (κ1) is 15.0. The summed E-state index contributed by atoms with van der Waals surface area (Å²) >= 11 is 1.52. The van der Waals surface area contributed by atoms with Crippen molar-refractivity contribution >= 4 is 32.9 Å². The fourth-order valence-corrected chi connectivity index (χ4v) is 4.67. The standard InChI is InChI=1S/C14H15N3O3S2/c18-14(17-12-4-7-22(19,20)9-12)16-11-3-1-2-10(8-11)13-15-5-6-21-13/h1-3,5-6,8,12H,4,7,9H2,(H2,16,17,18)/t12-/m0/s1. The summed E-state index contributed by atoms with van der Waals surface area (Å²) in [4.78, 5) is 16.2. The molecule has 0 saturated carbocycles. The topological polar surface area (TPSA) is 88.2 Å². The Morgan fingerprint density at radius 1 is 1.36 bits per heavy atom. The maximum Gasteiger partial charge on any atom is 0.319 e. The van der Waals surface area contributed by atoms with Crippen molar-refractivity contribution in [1.29, 1.82) is 0 Å². The van der Waals surface area contributed by atoms with Crippen LogP contribution in [0.5, 0.6) is 0 Å². The number of sulfone groups is 1. The van der Waals surface area contributed by atoms with Crippen LogP contribution >= 0.6 is 11.3 Å². The van der Waals surface area contributed by atoms with Crippen molar-refractivity contribution in [3.05, 3.63) is 35.8 Å². The molecule has 2 heterocycles. The van der Waals surface area contributed by atoms with Crippen LogP contribution < -0.4 is 10.6 Å². The summed E-state index contributed by atoms with van der Waals surface area (Å²) in [5, 5.41) is 8.20. The molecule has 1 atom stereocenters. The van der Waals surface area contributed by atoms with E-state index in [-0.39, 0.29) is 17.5 Å². The van der Waals surface area contributed by atoms with E-state index in [1.165, 1.54) is 11.3 Å². The van der Waals surface area contributed by atoms with E-state index in [0.29, 0.717) is 12.1 Å². The number of carbonyl (C=O) groups is 1. The molecule has 1 aliphatic heterocycles. The minimum Gasteiger partial charge on any atom is -0.334 e. The van der Waals surface area contributed by atoms with Gasteiger partial charge in [0, 0.05) is 28.9 Å². The largest absolute Gasteiger partial charge is 0.334 e. The lowest BCUT2D eigenvalue weighted by Crippen LogP contribution is -2.38. The van der Waals surface area contributed by atoms with Gasteiger partial charge in [-0.15, -0.1) is 11.3 Å². The van der Waals surface area contributed by atoms with Gasteiger partial charge >= 0.3 is 6.03 Å². The molecular weight excluding hydrogens is 322 g/mol. The van der Waals surface area contributed by atoms with Gasteiger partial charge in [0.25, 0.3) is 0 Å². The van der Waals surface area contributed by atoms with Crippen molar-refractivity contribution in [3.8, 4) is 10.6 Å². The molecule has 1 aromatic carbocycles. The third-order valence-electron chi connectivity index (χ3n) is 3.37. The minimum absolute atomic E-state index is 0.0135. The van der Waals surface area contributed by atoms with Crippen LogP contribution in [0.2, 0.25) is 0 Å². The highest BCUT2D eigenvalue weighted by atomic mass is 32.2. The quantitative estimate of drug-likeness (QED) is 0.898. The number of rotatable bonds is 3. The van der Waals surface area contributed by atoms with Crippen molar-refractivity contribution in [2.45, 2.75) is 12.5 Å². The van der Waals surface area contributed by atoms with Gasteiger partial charge in [-0.25, -0.2) is 18.2 Å². The Morgan fingerprint density at radius 3 is 2.91 bits per heavy atom. The van der Waals surface area contributed by atoms with Crippen LogP contribution in [0.4, 0.5) is 10.5 Å². The molecule has 2 amide bonds.